The molecule has 7 aromatic rings. The first kappa shape index (κ1) is 25.3. The van der Waals surface area contributed by atoms with E-state index in [0.717, 1.165) is 27.5 Å². The second-order valence-corrected chi connectivity index (χ2v) is 11.7. The Labute approximate surface area is 251 Å². The van der Waals surface area contributed by atoms with Crippen LogP contribution in [-0.4, -0.2) is 15.0 Å². The maximum atomic E-state index is 5.02. The van der Waals surface area contributed by atoms with E-state index >= 15 is 0 Å². The van der Waals surface area contributed by atoms with E-state index < -0.39 is 0 Å². The lowest BCUT2D eigenvalue weighted by molar-refractivity contribution is 0.660. The molecule has 1 aromatic heterocycles. The van der Waals surface area contributed by atoms with Gasteiger partial charge in [0.15, 0.2) is 17.5 Å². The summed E-state index contributed by atoms with van der Waals surface area (Å²) in [5.74, 6) is 2.00. The predicted octanol–water partition coefficient (Wildman–Crippen LogP) is 10.00. The molecule has 0 saturated carbocycles. The highest BCUT2D eigenvalue weighted by Gasteiger charge is 2.35. The van der Waals surface area contributed by atoms with E-state index in [-0.39, 0.29) is 5.41 Å². The maximum absolute atomic E-state index is 5.02. The molecule has 0 amide bonds. The fraction of sp³-hybridized carbons (Fsp3) is 0.0750. The Morgan fingerprint density at radius 3 is 1.77 bits per heavy atom. The lowest BCUT2D eigenvalue weighted by atomic mass is 9.81. The Bertz CT molecular complexity index is 2140. The van der Waals surface area contributed by atoms with Crippen LogP contribution in [0.15, 0.2) is 140 Å². The molecule has 0 unspecified atom stereocenters. The van der Waals surface area contributed by atoms with Crippen LogP contribution in [0.3, 0.4) is 0 Å². The van der Waals surface area contributed by atoms with Crippen molar-refractivity contribution in [3.8, 4) is 56.4 Å². The van der Waals surface area contributed by atoms with E-state index in [9.17, 15) is 0 Å². The summed E-state index contributed by atoms with van der Waals surface area (Å²) in [4.78, 5) is 14.9. The fourth-order valence-electron chi connectivity index (χ4n) is 6.46. The quantitative estimate of drug-likeness (QED) is 0.218. The molecule has 3 nitrogen and oxygen atoms in total. The van der Waals surface area contributed by atoms with Crippen molar-refractivity contribution in [1.29, 1.82) is 0 Å². The molecule has 8 rings (SSSR count). The first-order valence-electron chi connectivity index (χ1n) is 14.7. The van der Waals surface area contributed by atoms with Gasteiger partial charge in [-0.2, -0.15) is 0 Å². The van der Waals surface area contributed by atoms with Gasteiger partial charge in [-0.1, -0.05) is 147 Å². The molecule has 0 fully saturated rings. The van der Waals surface area contributed by atoms with Crippen LogP contribution in [0.4, 0.5) is 0 Å². The Hall–Kier alpha value is -5.41. The van der Waals surface area contributed by atoms with Gasteiger partial charge in [-0.3, -0.25) is 0 Å². The Morgan fingerprint density at radius 2 is 0.953 bits per heavy atom. The summed E-state index contributed by atoms with van der Waals surface area (Å²) in [7, 11) is 0. The van der Waals surface area contributed by atoms with Crippen LogP contribution in [0.2, 0.25) is 0 Å². The third kappa shape index (κ3) is 4.24. The summed E-state index contributed by atoms with van der Waals surface area (Å²) in [6.45, 7) is 4.65. The van der Waals surface area contributed by atoms with Gasteiger partial charge >= 0.3 is 0 Å². The summed E-state index contributed by atoms with van der Waals surface area (Å²) in [5.41, 5.74) is 10.7. The molecule has 0 bridgehead atoms. The first-order valence-corrected chi connectivity index (χ1v) is 14.7. The van der Waals surface area contributed by atoms with Crippen LogP contribution in [0.25, 0.3) is 67.2 Å². The number of nitrogens with zero attached hydrogens (tertiary/aromatic N) is 3. The molecule has 0 N–H and O–H groups in total. The fourth-order valence-corrected chi connectivity index (χ4v) is 6.46. The highest BCUT2D eigenvalue weighted by atomic mass is 15.0. The molecule has 1 heterocycles. The molecule has 0 aliphatic heterocycles. The predicted molar refractivity (Wildman–Crippen MR) is 177 cm³/mol. The van der Waals surface area contributed by atoms with Gasteiger partial charge in [0.1, 0.15) is 0 Å². The van der Waals surface area contributed by atoms with Crippen LogP contribution >= 0.6 is 0 Å². The van der Waals surface area contributed by atoms with Crippen molar-refractivity contribution in [1.82, 2.24) is 15.0 Å². The zero-order valence-electron chi connectivity index (χ0n) is 24.1. The molecule has 3 heteroatoms. The monoisotopic (exact) mass is 551 g/mol. The number of fused-ring (bicyclic) bond motifs is 4. The Morgan fingerprint density at radius 1 is 0.395 bits per heavy atom. The van der Waals surface area contributed by atoms with Crippen LogP contribution < -0.4 is 0 Å². The normalized spacial score (nSPS) is 13.1. The number of rotatable bonds is 4. The minimum atomic E-state index is -0.0292. The van der Waals surface area contributed by atoms with Crippen LogP contribution in [0.5, 0.6) is 0 Å². The summed E-state index contributed by atoms with van der Waals surface area (Å²) < 4.78 is 0. The summed E-state index contributed by atoms with van der Waals surface area (Å²) in [6, 6.07) is 49.0. The minimum Gasteiger partial charge on any atom is -0.208 e. The van der Waals surface area contributed by atoms with E-state index in [0.29, 0.717) is 17.5 Å². The van der Waals surface area contributed by atoms with Gasteiger partial charge in [0.2, 0.25) is 0 Å². The largest absolute Gasteiger partial charge is 0.208 e. The van der Waals surface area contributed by atoms with E-state index in [1.165, 1.54) is 33.4 Å². The molecule has 1 aliphatic rings. The standard InChI is InChI=1S/C40H29N3/c1-40(2)35-18-9-8-16-32(35)33-24-23-30(25-36(33)40)26-19-21-29(22-20-26)38-41-37(28-12-4-3-5-13-28)42-39(43-38)34-17-10-14-27-11-6-7-15-31(27)34/h3-25H,1-2H3. The number of benzene rings is 6. The average Bonchev–Trinajstić information content (AvgIpc) is 3.30. The highest BCUT2D eigenvalue weighted by Crippen LogP contribution is 2.49. The zero-order chi connectivity index (χ0) is 29.0. The van der Waals surface area contributed by atoms with Gasteiger partial charge in [-0.15, -0.1) is 0 Å². The molecule has 0 saturated heterocycles. The highest BCUT2D eigenvalue weighted by molar-refractivity contribution is 5.95. The van der Waals surface area contributed by atoms with Crippen molar-refractivity contribution in [2.75, 3.05) is 0 Å². The molecule has 43 heavy (non-hydrogen) atoms. The second kappa shape index (κ2) is 9.85. The van der Waals surface area contributed by atoms with E-state index in [2.05, 4.69) is 123 Å². The van der Waals surface area contributed by atoms with Gasteiger partial charge in [0.05, 0.1) is 0 Å². The minimum absolute atomic E-state index is 0.0292. The van der Waals surface area contributed by atoms with Crippen molar-refractivity contribution >= 4 is 10.8 Å². The van der Waals surface area contributed by atoms with Crippen molar-refractivity contribution in [3.63, 3.8) is 0 Å². The third-order valence-corrected chi connectivity index (χ3v) is 8.76. The van der Waals surface area contributed by atoms with E-state index in [1.807, 2.05) is 30.3 Å². The van der Waals surface area contributed by atoms with Gasteiger partial charge in [0.25, 0.3) is 0 Å². The SMILES string of the molecule is CC1(C)c2ccccc2-c2ccc(-c3ccc(-c4nc(-c5ccccc5)nc(-c5cccc6ccccc56)n4)cc3)cc21. The average molecular weight is 552 g/mol. The Kier molecular flexibility index (Phi) is 5.80. The topological polar surface area (TPSA) is 38.7 Å². The molecule has 0 spiro atoms. The summed E-state index contributed by atoms with van der Waals surface area (Å²) in [6.07, 6.45) is 0. The number of hydrogen-bond donors (Lipinski definition) is 0. The lowest BCUT2D eigenvalue weighted by Crippen LogP contribution is -2.14. The van der Waals surface area contributed by atoms with Crippen molar-refractivity contribution in [2.24, 2.45) is 0 Å². The summed E-state index contributed by atoms with van der Waals surface area (Å²) >= 11 is 0. The smallest absolute Gasteiger partial charge is 0.164 e. The van der Waals surface area contributed by atoms with E-state index in [1.54, 1.807) is 0 Å². The van der Waals surface area contributed by atoms with Gasteiger partial charge in [-0.05, 0) is 50.2 Å². The van der Waals surface area contributed by atoms with E-state index in [4.69, 9.17) is 15.0 Å². The molecular weight excluding hydrogens is 522 g/mol. The maximum Gasteiger partial charge on any atom is 0.164 e. The summed E-state index contributed by atoms with van der Waals surface area (Å²) in [5, 5.41) is 2.28. The van der Waals surface area contributed by atoms with Crippen molar-refractivity contribution < 1.29 is 0 Å². The van der Waals surface area contributed by atoms with Crippen LogP contribution in [0, 0.1) is 0 Å². The molecule has 6 aromatic carbocycles. The van der Waals surface area contributed by atoms with Gasteiger partial charge < -0.3 is 0 Å². The van der Waals surface area contributed by atoms with Crippen LogP contribution in [-0.2, 0) is 5.41 Å². The Balaban J connectivity index is 1.21. The van der Waals surface area contributed by atoms with Crippen molar-refractivity contribution in [3.05, 3.63) is 151 Å². The molecule has 204 valence electrons. The molecule has 1 aliphatic carbocycles. The molecule has 0 atom stereocenters. The van der Waals surface area contributed by atoms with Gasteiger partial charge in [-0.25, -0.2) is 15.0 Å². The molecule has 0 radical (unpaired) electrons. The number of aromatic nitrogens is 3. The van der Waals surface area contributed by atoms with Crippen LogP contribution in [0.1, 0.15) is 25.0 Å². The van der Waals surface area contributed by atoms with Gasteiger partial charge in [0, 0.05) is 22.1 Å². The number of hydrogen-bond acceptors (Lipinski definition) is 3. The lowest BCUT2D eigenvalue weighted by Gasteiger charge is -2.22. The molecular formula is C40H29N3. The zero-order valence-corrected chi connectivity index (χ0v) is 24.1. The van der Waals surface area contributed by atoms with Crippen molar-refractivity contribution in [2.45, 2.75) is 19.3 Å². The third-order valence-electron chi connectivity index (χ3n) is 8.76. The first-order chi connectivity index (χ1) is 21.1. The second-order valence-electron chi connectivity index (χ2n) is 11.7.